The molecule has 2 heteroatoms. The monoisotopic (exact) mass is 169 g/mol. The minimum Gasteiger partial charge on any atom is -0.316 e. The number of nitrogens with one attached hydrogen (secondary N) is 1. The Morgan fingerprint density at radius 3 is 3.18 bits per heavy atom. The Labute approximate surface area is 72.4 Å². The van der Waals surface area contributed by atoms with E-state index in [-0.39, 0.29) is 0 Å². The van der Waals surface area contributed by atoms with Gasteiger partial charge in [-0.25, -0.2) is 0 Å². The summed E-state index contributed by atoms with van der Waals surface area (Å²) in [5, 5.41) is 3.91. The Kier molecular flexibility index (Phi) is 3.40. The second kappa shape index (κ2) is 4.37. The third kappa shape index (κ3) is 2.91. The van der Waals surface area contributed by atoms with Gasteiger partial charge in [-0.15, -0.1) is 0 Å². The fourth-order valence-corrected chi connectivity index (χ4v) is 1.23. The number of hydrogen-bond acceptors (Lipinski definition) is 1. The largest absolute Gasteiger partial charge is 0.316 e. The SMILES string of the molecule is CNCC1=CC(Cl)=CCC=C1. The van der Waals surface area contributed by atoms with E-state index in [1.54, 1.807) is 0 Å². The van der Waals surface area contributed by atoms with E-state index in [4.69, 9.17) is 11.6 Å². The predicted molar refractivity (Wildman–Crippen MR) is 49.7 cm³/mol. The summed E-state index contributed by atoms with van der Waals surface area (Å²) < 4.78 is 0. The van der Waals surface area contributed by atoms with Crippen LogP contribution in [0.3, 0.4) is 0 Å². The first-order valence-corrected chi connectivity index (χ1v) is 4.08. The van der Waals surface area contributed by atoms with Crippen molar-refractivity contribution in [3.05, 3.63) is 34.9 Å². The predicted octanol–water partition coefficient (Wildman–Crippen LogP) is 2.21. The number of likely N-dealkylation sites (N-methyl/N-ethyl adjacent to an activating group) is 1. The maximum atomic E-state index is 5.87. The van der Waals surface area contributed by atoms with Gasteiger partial charge >= 0.3 is 0 Å². The van der Waals surface area contributed by atoms with Crippen LogP contribution in [-0.4, -0.2) is 13.6 Å². The molecule has 1 aliphatic rings. The molecule has 1 N–H and O–H groups in total. The molecule has 0 aliphatic heterocycles. The molecule has 1 aliphatic carbocycles. The average Bonchev–Trinajstić information content (AvgIpc) is 2.15. The van der Waals surface area contributed by atoms with E-state index in [0.29, 0.717) is 0 Å². The van der Waals surface area contributed by atoms with E-state index in [1.807, 2.05) is 19.2 Å². The Hall–Kier alpha value is -0.530. The molecule has 1 rings (SSSR count). The summed E-state index contributed by atoms with van der Waals surface area (Å²) in [6.07, 6.45) is 9.13. The summed E-state index contributed by atoms with van der Waals surface area (Å²) in [6.45, 7) is 0.876. The molecular weight excluding hydrogens is 158 g/mol. The Morgan fingerprint density at radius 1 is 1.64 bits per heavy atom. The standard InChI is InChI=1S/C9H12ClN/c1-11-7-8-4-2-3-5-9(10)6-8/h2,4-6,11H,3,7H2,1H3. The average molecular weight is 170 g/mol. The van der Waals surface area contributed by atoms with E-state index in [9.17, 15) is 0 Å². The van der Waals surface area contributed by atoms with Gasteiger partial charge in [0, 0.05) is 11.6 Å². The van der Waals surface area contributed by atoms with Crippen LogP contribution in [0.25, 0.3) is 0 Å². The number of allylic oxidation sites excluding steroid dienone is 4. The van der Waals surface area contributed by atoms with Crippen molar-refractivity contribution in [2.24, 2.45) is 0 Å². The van der Waals surface area contributed by atoms with Gasteiger partial charge in [0.25, 0.3) is 0 Å². The fraction of sp³-hybridized carbons (Fsp3) is 0.333. The summed E-state index contributed by atoms with van der Waals surface area (Å²) >= 11 is 5.87. The molecule has 1 nitrogen and oxygen atoms in total. The molecule has 0 aromatic carbocycles. The normalized spacial score (nSPS) is 17.3. The van der Waals surface area contributed by atoms with Gasteiger partial charge in [-0.1, -0.05) is 29.8 Å². The lowest BCUT2D eigenvalue weighted by molar-refractivity contribution is 0.895. The van der Waals surface area contributed by atoms with Crippen molar-refractivity contribution in [3.63, 3.8) is 0 Å². The molecule has 0 radical (unpaired) electrons. The highest BCUT2D eigenvalue weighted by Crippen LogP contribution is 2.13. The van der Waals surface area contributed by atoms with Gasteiger partial charge in [-0.05, 0) is 25.1 Å². The first kappa shape index (κ1) is 8.57. The summed E-state index contributed by atoms with van der Waals surface area (Å²) in [6, 6.07) is 0. The van der Waals surface area contributed by atoms with Crippen molar-refractivity contribution in [1.82, 2.24) is 5.32 Å². The Balaban J connectivity index is 2.68. The maximum absolute atomic E-state index is 5.87. The smallest absolute Gasteiger partial charge is 0.0372 e. The van der Waals surface area contributed by atoms with Crippen molar-refractivity contribution in [2.75, 3.05) is 13.6 Å². The molecule has 0 saturated carbocycles. The molecular formula is C9H12ClN. The first-order chi connectivity index (χ1) is 5.33. The molecule has 0 heterocycles. The topological polar surface area (TPSA) is 12.0 Å². The van der Waals surface area contributed by atoms with Crippen LogP contribution < -0.4 is 5.32 Å². The van der Waals surface area contributed by atoms with Gasteiger partial charge in [0.15, 0.2) is 0 Å². The zero-order valence-corrected chi connectivity index (χ0v) is 7.36. The lowest BCUT2D eigenvalue weighted by Gasteiger charge is -1.97. The lowest BCUT2D eigenvalue weighted by Crippen LogP contribution is -2.08. The van der Waals surface area contributed by atoms with Gasteiger partial charge in [0.05, 0.1) is 0 Å². The van der Waals surface area contributed by atoms with Gasteiger partial charge in [0.2, 0.25) is 0 Å². The van der Waals surface area contributed by atoms with E-state index in [1.165, 1.54) is 5.57 Å². The lowest BCUT2D eigenvalue weighted by atomic mass is 10.2. The molecule has 0 aromatic rings. The van der Waals surface area contributed by atoms with E-state index < -0.39 is 0 Å². The van der Waals surface area contributed by atoms with Crippen LogP contribution in [-0.2, 0) is 0 Å². The third-order valence-electron chi connectivity index (χ3n) is 1.49. The molecule has 0 atom stereocenters. The van der Waals surface area contributed by atoms with Crippen molar-refractivity contribution in [1.29, 1.82) is 0 Å². The summed E-state index contributed by atoms with van der Waals surface area (Å²) in [7, 11) is 1.93. The summed E-state index contributed by atoms with van der Waals surface area (Å²) in [5.74, 6) is 0. The van der Waals surface area contributed by atoms with Gasteiger partial charge in [-0.3, -0.25) is 0 Å². The second-order valence-corrected chi connectivity index (χ2v) is 2.91. The van der Waals surface area contributed by atoms with Gasteiger partial charge in [0.1, 0.15) is 0 Å². The highest BCUT2D eigenvalue weighted by atomic mass is 35.5. The molecule has 0 saturated heterocycles. The summed E-state index contributed by atoms with van der Waals surface area (Å²) in [4.78, 5) is 0. The third-order valence-corrected chi connectivity index (χ3v) is 1.75. The van der Waals surface area contributed by atoms with Crippen LogP contribution in [0.1, 0.15) is 6.42 Å². The van der Waals surface area contributed by atoms with Crippen LogP contribution in [0.4, 0.5) is 0 Å². The quantitative estimate of drug-likeness (QED) is 0.669. The Bertz CT molecular complexity index is 214. The van der Waals surface area contributed by atoms with Crippen LogP contribution >= 0.6 is 11.6 Å². The van der Waals surface area contributed by atoms with Crippen molar-refractivity contribution in [3.8, 4) is 0 Å². The molecule has 0 unspecified atom stereocenters. The van der Waals surface area contributed by atoms with E-state index >= 15 is 0 Å². The zero-order valence-electron chi connectivity index (χ0n) is 6.60. The van der Waals surface area contributed by atoms with E-state index in [0.717, 1.165) is 18.0 Å². The van der Waals surface area contributed by atoms with Crippen LogP contribution in [0, 0.1) is 0 Å². The van der Waals surface area contributed by atoms with Crippen molar-refractivity contribution in [2.45, 2.75) is 6.42 Å². The number of halogens is 1. The van der Waals surface area contributed by atoms with Crippen LogP contribution in [0.2, 0.25) is 0 Å². The highest BCUT2D eigenvalue weighted by molar-refractivity contribution is 6.31. The first-order valence-electron chi connectivity index (χ1n) is 3.70. The molecule has 11 heavy (non-hydrogen) atoms. The maximum Gasteiger partial charge on any atom is 0.0372 e. The van der Waals surface area contributed by atoms with Gasteiger partial charge < -0.3 is 5.32 Å². The molecule has 0 amide bonds. The summed E-state index contributed by atoms with van der Waals surface area (Å²) in [5.41, 5.74) is 1.23. The van der Waals surface area contributed by atoms with E-state index in [2.05, 4.69) is 17.5 Å². The Morgan fingerprint density at radius 2 is 2.45 bits per heavy atom. The minimum absolute atomic E-state index is 0.834. The molecule has 0 aromatic heterocycles. The van der Waals surface area contributed by atoms with Gasteiger partial charge in [-0.2, -0.15) is 0 Å². The molecule has 0 spiro atoms. The molecule has 0 bridgehead atoms. The van der Waals surface area contributed by atoms with Crippen molar-refractivity contribution < 1.29 is 0 Å². The highest BCUT2D eigenvalue weighted by Gasteiger charge is 1.95. The number of rotatable bonds is 2. The fourth-order valence-electron chi connectivity index (χ4n) is 0.998. The number of hydrogen-bond donors (Lipinski definition) is 1. The second-order valence-electron chi connectivity index (χ2n) is 2.48. The minimum atomic E-state index is 0.834. The molecule has 60 valence electrons. The zero-order chi connectivity index (χ0) is 8.10. The molecule has 0 fully saturated rings. The van der Waals surface area contributed by atoms with Crippen LogP contribution in [0.15, 0.2) is 34.9 Å². The van der Waals surface area contributed by atoms with Crippen molar-refractivity contribution >= 4 is 11.6 Å². The van der Waals surface area contributed by atoms with Crippen LogP contribution in [0.5, 0.6) is 0 Å².